The molecule has 6 nitrogen and oxygen atoms in total. The predicted molar refractivity (Wildman–Crippen MR) is 118 cm³/mol. The number of ether oxygens (including phenoxy) is 1. The van der Waals surface area contributed by atoms with Crippen molar-refractivity contribution in [3.63, 3.8) is 0 Å². The van der Waals surface area contributed by atoms with Crippen molar-refractivity contribution in [2.45, 2.75) is 13.3 Å². The first kappa shape index (κ1) is 19.9. The molecule has 1 aliphatic rings. The van der Waals surface area contributed by atoms with Gasteiger partial charge in [0.05, 0.1) is 13.5 Å². The zero-order valence-corrected chi connectivity index (χ0v) is 17.4. The lowest BCUT2D eigenvalue weighted by molar-refractivity contribution is -0.130. The number of benzene rings is 2. The molecule has 2 heterocycles. The van der Waals surface area contributed by atoms with E-state index in [9.17, 15) is 4.79 Å². The monoisotopic (exact) mass is 402 g/mol. The third kappa shape index (κ3) is 4.59. The minimum atomic E-state index is 0.156. The van der Waals surface area contributed by atoms with Crippen molar-refractivity contribution in [1.82, 2.24) is 14.9 Å². The van der Waals surface area contributed by atoms with E-state index >= 15 is 0 Å². The Hall–Kier alpha value is -3.41. The molecule has 1 amide bonds. The summed E-state index contributed by atoms with van der Waals surface area (Å²) in [4.78, 5) is 26.0. The van der Waals surface area contributed by atoms with E-state index in [0.29, 0.717) is 19.5 Å². The molecule has 1 aliphatic heterocycles. The first-order chi connectivity index (χ1) is 14.6. The lowest BCUT2D eigenvalue weighted by Gasteiger charge is -2.35. The molecule has 0 N–H and O–H groups in total. The highest BCUT2D eigenvalue weighted by Crippen LogP contribution is 2.20. The summed E-state index contributed by atoms with van der Waals surface area (Å²) in [5, 5.41) is 0. The molecule has 0 spiro atoms. The number of carbonyl (C=O) groups is 1. The van der Waals surface area contributed by atoms with E-state index in [1.807, 2.05) is 47.4 Å². The van der Waals surface area contributed by atoms with Crippen LogP contribution in [0.5, 0.6) is 5.75 Å². The molecule has 2 aromatic carbocycles. The van der Waals surface area contributed by atoms with Crippen LogP contribution in [0.15, 0.2) is 60.8 Å². The molecule has 154 valence electrons. The van der Waals surface area contributed by atoms with Crippen LogP contribution in [0.25, 0.3) is 11.4 Å². The maximum absolute atomic E-state index is 12.7. The van der Waals surface area contributed by atoms with Crippen molar-refractivity contribution in [3.05, 3.63) is 71.9 Å². The van der Waals surface area contributed by atoms with Crippen molar-refractivity contribution < 1.29 is 9.53 Å². The Balaban J connectivity index is 1.37. The minimum absolute atomic E-state index is 0.156. The Morgan fingerprint density at radius 3 is 2.50 bits per heavy atom. The second-order valence-corrected chi connectivity index (χ2v) is 7.50. The number of anilines is 1. The minimum Gasteiger partial charge on any atom is -0.497 e. The van der Waals surface area contributed by atoms with Gasteiger partial charge in [-0.1, -0.05) is 35.9 Å². The van der Waals surface area contributed by atoms with Crippen LogP contribution in [0.4, 0.5) is 5.82 Å². The van der Waals surface area contributed by atoms with Gasteiger partial charge in [0.25, 0.3) is 0 Å². The smallest absolute Gasteiger partial charge is 0.227 e. The molecule has 1 saturated heterocycles. The first-order valence-electron chi connectivity index (χ1n) is 10.2. The van der Waals surface area contributed by atoms with E-state index in [1.165, 1.54) is 5.56 Å². The average Bonchev–Trinajstić information content (AvgIpc) is 2.80. The number of hydrogen-bond donors (Lipinski definition) is 0. The van der Waals surface area contributed by atoms with Crippen molar-refractivity contribution in [2.75, 3.05) is 38.2 Å². The highest BCUT2D eigenvalue weighted by atomic mass is 16.5. The Kier molecular flexibility index (Phi) is 5.93. The molecule has 0 radical (unpaired) electrons. The number of nitrogens with zero attached hydrogens (tertiary/aromatic N) is 4. The number of amides is 1. The van der Waals surface area contributed by atoms with Crippen molar-refractivity contribution in [3.8, 4) is 17.1 Å². The second kappa shape index (κ2) is 8.95. The molecular weight excluding hydrogens is 376 g/mol. The van der Waals surface area contributed by atoms with Crippen LogP contribution in [0.2, 0.25) is 0 Å². The highest BCUT2D eigenvalue weighted by Gasteiger charge is 2.22. The average molecular weight is 402 g/mol. The molecule has 0 unspecified atom stereocenters. The molecule has 1 fully saturated rings. The summed E-state index contributed by atoms with van der Waals surface area (Å²) in [5.74, 6) is 2.59. The molecule has 1 aromatic heterocycles. The Morgan fingerprint density at radius 1 is 1.03 bits per heavy atom. The van der Waals surface area contributed by atoms with Gasteiger partial charge in [-0.3, -0.25) is 4.79 Å². The molecule has 3 aromatic rings. The standard InChI is InChI=1S/C24H26N4O2/c1-18-4-3-5-20(16-18)24-25-11-10-22(26-24)27-12-14-28(15-13-27)23(29)17-19-6-8-21(30-2)9-7-19/h3-11,16H,12-15,17H2,1-2H3. The van der Waals surface area contributed by atoms with E-state index < -0.39 is 0 Å². The molecular formula is C24H26N4O2. The number of piperazine rings is 1. The molecule has 4 rings (SSSR count). The lowest BCUT2D eigenvalue weighted by atomic mass is 10.1. The normalized spacial score (nSPS) is 13.9. The number of methoxy groups -OCH3 is 1. The van der Waals surface area contributed by atoms with E-state index in [-0.39, 0.29) is 5.91 Å². The van der Waals surface area contributed by atoms with Crippen molar-refractivity contribution in [1.29, 1.82) is 0 Å². The summed E-state index contributed by atoms with van der Waals surface area (Å²) < 4.78 is 5.18. The maximum Gasteiger partial charge on any atom is 0.227 e. The van der Waals surface area contributed by atoms with Gasteiger partial charge in [0, 0.05) is 37.9 Å². The maximum atomic E-state index is 12.7. The van der Waals surface area contributed by atoms with Crippen LogP contribution < -0.4 is 9.64 Å². The van der Waals surface area contributed by atoms with Crippen LogP contribution >= 0.6 is 0 Å². The summed E-state index contributed by atoms with van der Waals surface area (Å²) in [7, 11) is 1.64. The van der Waals surface area contributed by atoms with Crippen molar-refractivity contribution >= 4 is 11.7 Å². The third-order valence-electron chi connectivity index (χ3n) is 5.39. The molecule has 6 heteroatoms. The van der Waals surface area contributed by atoms with Crippen LogP contribution in [0.3, 0.4) is 0 Å². The SMILES string of the molecule is COc1ccc(CC(=O)N2CCN(c3ccnc(-c4cccc(C)c4)n3)CC2)cc1. The lowest BCUT2D eigenvalue weighted by Crippen LogP contribution is -2.49. The number of aryl methyl sites for hydroxylation is 1. The van der Waals surface area contributed by atoms with Gasteiger partial charge in [0.1, 0.15) is 11.6 Å². The quantitative estimate of drug-likeness (QED) is 0.655. The molecule has 0 aliphatic carbocycles. The summed E-state index contributed by atoms with van der Waals surface area (Å²) in [6.07, 6.45) is 2.22. The summed E-state index contributed by atoms with van der Waals surface area (Å²) in [5.41, 5.74) is 3.21. The second-order valence-electron chi connectivity index (χ2n) is 7.50. The molecule has 0 atom stereocenters. The fourth-order valence-corrected chi connectivity index (χ4v) is 3.66. The van der Waals surface area contributed by atoms with Crippen LogP contribution in [-0.2, 0) is 11.2 Å². The van der Waals surface area contributed by atoms with Gasteiger partial charge in [-0.25, -0.2) is 9.97 Å². The fraction of sp³-hybridized carbons (Fsp3) is 0.292. The number of carbonyl (C=O) groups excluding carboxylic acids is 1. The van der Waals surface area contributed by atoms with E-state index in [1.54, 1.807) is 13.3 Å². The van der Waals surface area contributed by atoms with Crippen molar-refractivity contribution in [2.24, 2.45) is 0 Å². The summed E-state index contributed by atoms with van der Waals surface area (Å²) >= 11 is 0. The Morgan fingerprint density at radius 2 is 1.80 bits per heavy atom. The summed E-state index contributed by atoms with van der Waals surface area (Å²) in [6, 6.07) is 17.8. The highest BCUT2D eigenvalue weighted by molar-refractivity contribution is 5.79. The predicted octanol–water partition coefficient (Wildman–Crippen LogP) is 3.35. The van der Waals surface area contributed by atoms with Gasteiger partial charge in [-0.15, -0.1) is 0 Å². The molecule has 30 heavy (non-hydrogen) atoms. The molecule has 0 saturated carbocycles. The van der Waals surface area contributed by atoms with Gasteiger partial charge in [0.15, 0.2) is 5.82 Å². The summed E-state index contributed by atoms with van der Waals surface area (Å²) in [6.45, 7) is 4.98. The van der Waals surface area contributed by atoms with E-state index in [2.05, 4.69) is 28.9 Å². The Bertz CT molecular complexity index is 1010. The van der Waals surface area contributed by atoms with Crippen LogP contribution in [-0.4, -0.2) is 54.1 Å². The van der Waals surface area contributed by atoms with Crippen LogP contribution in [0.1, 0.15) is 11.1 Å². The van der Waals surface area contributed by atoms with Crippen LogP contribution in [0, 0.1) is 6.92 Å². The number of aromatic nitrogens is 2. The van der Waals surface area contributed by atoms with Gasteiger partial charge in [0.2, 0.25) is 5.91 Å². The zero-order valence-electron chi connectivity index (χ0n) is 17.4. The first-order valence-corrected chi connectivity index (χ1v) is 10.2. The van der Waals surface area contributed by atoms with Gasteiger partial charge >= 0.3 is 0 Å². The number of rotatable bonds is 5. The Labute approximate surface area is 177 Å². The van der Waals surface area contributed by atoms with Gasteiger partial charge in [-0.05, 0) is 36.8 Å². The fourth-order valence-electron chi connectivity index (χ4n) is 3.66. The molecule has 0 bridgehead atoms. The topological polar surface area (TPSA) is 58.6 Å². The third-order valence-corrected chi connectivity index (χ3v) is 5.39. The largest absolute Gasteiger partial charge is 0.497 e. The van der Waals surface area contributed by atoms with Gasteiger partial charge in [-0.2, -0.15) is 0 Å². The number of hydrogen-bond acceptors (Lipinski definition) is 5. The van der Waals surface area contributed by atoms with E-state index in [0.717, 1.165) is 41.6 Å². The van der Waals surface area contributed by atoms with E-state index in [4.69, 9.17) is 9.72 Å². The zero-order chi connectivity index (χ0) is 20.9. The van der Waals surface area contributed by atoms with Gasteiger partial charge < -0.3 is 14.5 Å².